The van der Waals surface area contributed by atoms with Gasteiger partial charge in [0.05, 0.1) is 0 Å². The van der Waals surface area contributed by atoms with E-state index >= 15 is 0 Å². The summed E-state index contributed by atoms with van der Waals surface area (Å²) in [7, 11) is 1.81. The molecule has 0 saturated heterocycles. The summed E-state index contributed by atoms with van der Waals surface area (Å²) in [4.78, 5) is 4.37. The average molecular weight is 228 g/mol. The van der Waals surface area contributed by atoms with Crippen molar-refractivity contribution >= 4 is 6.01 Å². The molecule has 2 aromatic rings. The maximum atomic E-state index is 5.29. The molecule has 0 radical (unpaired) electrons. The number of fused-ring (bicyclic) bond motifs is 1. The first-order valence-electron chi connectivity index (χ1n) is 6.12. The van der Waals surface area contributed by atoms with E-state index in [0.717, 1.165) is 11.3 Å². The van der Waals surface area contributed by atoms with Crippen LogP contribution in [0.5, 0.6) is 0 Å². The van der Waals surface area contributed by atoms with Gasteiger partial charge in [0.15, 0.2) is 0 Å². The quantitative estimate of drug-likeness (QED) is 0.857. The average Bonchev–Trinajstić information content (AvgIpc) is 2.87. The molecule has 1 aromatic carbocycles. The maximum absolute atomic E-state index is 5.29. The van der Waals surface area contributed by atoms with E-state index in [1.165, 1.54) is 36.8 Å². The zero-order valence-corrected chi connectivity index (χ0v) is 9.99. The highest BCUT2D eigenvalue weighted by Gasteiger charge is 2.11. The fourth-order valence-electron chi connectivity index (χ4n) is 2.41. The summed E-state index contributed by atoms with van der Waals surface area (Å²) in [6.07, 6.45) is 6.74. The van der Waals surface area contributed by atoms with Crippen LogP contribution in [0.2, 0.25) is 0 Å². The third kappa shape index (κ3) is 1.93. The summed E-state index contributed by atoms with van der Waals surface area (Å²) in [5, 5.41) is 2.90. The van der Waals surface area contributed by atoms with Crippen LogP contribution in [-0.2, 0) is 12.8 Å². The van der Waals surface area contributed by atoms with E-state index in [-0.39, 0.29) is 0 Å². The number of nitrogens with one attached hydrogen (secondary N) is 1. The second-order valence-corrected chi connectivity index (χ2v) is 4.48. The van der Waals surface area contributed by atoms with Gasteiger partial charge in [-0.15, -0.1) is 0 Å². The predicted octanol–water partition coefficient (Wildman–Crippen LogP) is 3.26. The van der Waals surface area contributed by atoms with Crippen LogP contribution in [0, 0.1) is 0 Å². The van der Waals surface area contributed by atoms with Crippen LogP contribution in [-0.4, -0.2) is 12.0 Å². The molecule has 88 valence electrons. The second-order valence-electron chi connectivity index (χ2n) is 4.48. The molecule has 17 heavy (non-hydrogen) atoms. The van der Waals surface area contributed by atoms with Crippen LogP contribution >= 0.6 is 0 Å². The topological polar surface area (TPSA) is 38.1 Å². The smallest absolute Gasteiger partial charge is 0.294 e. The van der Waals surface area contributed by atoms with Crippen molar-refractivity contribution in [3.05, 3.63) is 35.6 Å². The minimum Gasteiger partial charge on any atom is -0.432 e. The molecular formula is C14H16N2O. The molecule has 0 atom stereocenters. The summed E-state index contributed by atoms with van der Waals surface area (Å²) in [6, 6.07) is 7.20. The molecule has 1 N–H and O–H groups in total. The molecule has 3 rings (SSSR count). The van der Waals surface area contributed by atoms with Crippen LogP contribution in [0.4, 0.5) is 6.01 Å². The van der Waals surface area contributed by atoms with E-state index in [1.54, 1.807) is 6.26 Å². The Balaban J connectivity index is 1.97. The molecule has 0 bridgehead atoms. The molecule has 0 aliphatic heterocycles. The second kappa shape index (κ2) is 4.24. The van der Waals surface area contributed by atoms with Crippen molar-refractivity contribution in [2.45, 2.75) is 25.7 Å². The summed E-state index contributed by atoms with van der Waals surface area (Å²) >= 11 is 0. The van der Waals surface area contributed by atoms with Gasteiger partial charge in [-0.25, -0.2) is 0 Å². The van der Waals surface area contributed by atoms with E-state index in [1.807, 2.05) is 7.05 Å². The van der Waals surface area contributed by atoms with Crippen molar-refractivity contribution in [3.63, 3.8) is 0 Å². The van der Waals surface area contributed by atoms with E-state index < -0.39 is 0 Å². The molecular weight excluding hydrogens is 212 g/mol. The Morgan fingerprint density at radius 2 is 2.00 bits per heavy atom. The summed E-state index contributed by atoms with van der Waals surface area (Å²) in [5.74, 6) is 0. The molecule has 0 saturated carbocycles. The van der Waals surface area contributed by atoms with Gasteiger partial charge in [-0.3, -0.25) is 0 Å². The van der Waals surface area contributed by atoms with Crippen LogP contribution in [0.1, 0.15) is 24.0 Å². The highest BCUT2D eigenvalue weighted by atomic mass is 16.4. The lowest BCUT2D eigenvalue weighted by Crippen LogP contribution is -2.02. The normalized spacial score (nSPS) is 14.4. The molecule has 1 aliphatic rings. The zero-order valence-electron chi connectivity index (χ0n) is 9.99. The lowest BCUT2D eigenvalue weighted by Gasteiger charge is -2.15. The lowest BCUT2D eigenvalue weighted by atomic mass is 9.90. The number of nitrogens with zero attached hydrogens (tertiary/aromatic N) is 1. The Bertz CT molecular complexity index is 531. The van der Waals surface area contributed by atoms with Crippen molar-refractivity contribution in [2.75, 3.05) is 12.4 Å². The van der Waals surface area contributed by atoms with Crippen molar-refractivity contribution in [1.82, 2.24) is 4.98 Å². The molecule has 1 heterocycles. The first-order chi connectivity index (χ1) is 8.36. The van der Waals surface area contributed by atoms with Gasteiger partial charge in [0.25, 0.3) is 6.01 Å². The Morgan fingerprint density at radius 3 is 2.76 bits per heavy atom. The van der Waals surface area contributed by atoms with Gasteiger partial charge in [0, 0.05) is 12.6 Å². The maximum Gasteiger partial charge on any atom is 0.294 e. The monoisotopic (exact) mass is 228 g/mol. The van der Waals surface area contributed by atoms with E-state index in [4.69, 9.17) is 4.42 Å². The van der Waals surface area contributed by atoms with Gasteiger partial charge < -0.3 is 9.73 Å². The first kappa shape index (κ1) is 10.4. The first-order valence-corrected chi connectivity index (χ1v) is 6.12. The van der Waals surface area contributed by atoms with Gasteiger partial charge in [0.1, 0.15) is 12.0 Å². The van der Waals surface area contributed by atoms with Crippen LogP contribution in [0.3, 0.4) is 0 Å². The zero-order chi connectivity index (χ0) is 11.7. The van der Waals surface area contributed by atoms with Gasteiger partial charge in [-0.05, 0) is 42.9 Å². The van der Waals surface area contributed by atoms with Crippen molar-refractivity contribution < 1.29 is 4.42 Å². The predicted molar refractivity (Wildman–Crippen MR) is 68.1 cm³/mol. The Kier molecular flexibility index (Phi) is 2.59. The number of anilines is 1. The molecule has 3 nitrogen and oxygen atoms in total. The molecule has 3 heteroatoms. The molecule has 0 fully saturated rings. The van der Waals surface area contributed by atoms with E-state index in [0.29, 0.717) is 6.01 Å². The van der Waals surface area contributed by atoms with Gasteiger partial charge in [-0.1, -0.05) is 12.1 Å². The van der Waals surface area contributed by atoms with E-state index in [9.17, 15) is 0 Å². The number of rotatable bonds is 2. The number of benzene rings is 1. The molecule has 1 aromatic heterocycles. The highest BCUT2D eigenvalue weighted by Crippen LogP contribution is 2.27. The Hall–Kier alpha value is -1.77. The van der Waals surface area contributed by atoms with Gasteiger partial charge in [-0.2, -0.15) is 4.98 Å². The van der Waals surface area contributed by atoms with E-state index in [2.05, 4.69) is 28.5 Å². The molecule has 0 spiro atoms. The highest BCUT2D eigenvalue weighted by molar-refractivity contribution is 5.61. The molecule has 0 unspecified atom stereocenters. The van der Waals surface area contributed by atoms with Crippen molar-refractivity contribution in [3.8, 4) is 11.3 Å². The fraction of sp³-hybridized carbons (Fsp3) is 0.357. The number of hydrogen-bond donors (Lipinski definition) is 1. The Labute approximate surface area is 101 Å². The van der Waals surface area contributed by atoms with Gasteiger partial charge >= 0.3 is 0 Å². The third-order valence-electron chi connectivity index (χ3n) is 3.36. The van der Waals surface area contributed by atoms with Crippen LogP contribution in [0.25, 0.3) is 11.3 Å². The summed E-state index contributed by atoms with van der Waals surface area (Å²) < 4.78 is 5.29. The SMILES string of the molecule is CNc1nc(-c2ccc3c(c2)CCCC3)co1. The molecule has 1 aliphatic carbocycles. The molecule has 0 amide bonds. The van der Waals surface area contributed by atoms with Crippen molar-refractivity contribution in [2.24, 2.45) is 0 Å². The van der Waals surface area contributed by atoms with Crippen LogP contribution < -0.4 is 5.32 Å². The number of hydrogen-bond acceptors (Lipinski definition) is 3. The number of oxazole rings is 1. The minimum atomic E-state index is 0.567. The standard InChI is InChI=1S/C14H16N2O/c1-15-14-16-13(9-17-14)12-7-6-10-4-2-3-5-11(10)8-12/h6-9H,2-5H2,1H3,(H,15,16). The minimum absolute atomic E-state index is 0.567. The number of aryl methyl sites for hydroxylation is 2. The lowest BCUT2D eigenvalue weighted by molar-refractivity contribution is 0.576. The van der Waals surface area contributed by atoms with Gasteiger partial charge in [0.2, 0.25) is 0 Å². The largest absolute Gasteiger partial charge is 0.432 e. The third-order valence-corrected chi connectivity index (χ3v) is 3.36. The van der Waals surface area contributed by atoms with Crippen LogP contribution in [0.15, 0.2) is 28.9 Å². The summed E-state index contributed by atoms with van der Waals surface area (Å²) in [6.45, 7) is 0. The fourth-order valence-corrected chi connectivity index (χ4v) is 2.41. The number of aromatic nitrogens is 1. The summed E-state index contributed by atoms with van der Waals surface area (Å²) in [5.41, 5.74) is 5.03. The Morgan fingerprint density at radius 1 is 1.18 bits per heavy atom. The van der Waals surface area contributed by atoms with Crippen molar-refractivity contribution in [1.29, 1.82) is 0 Å².